The average Bonchev–Trinajstić information content (AvgIpc) is 3.55. The molecule has 2 unspecified atom stereocenters. The lowest BCUT2D eigenvalue weighted by Gasteiger charge is -2.46. The fourth-order valence-electron chi connectivity index (χ4n) is 9.30. The number of benzene rings is 2. The Morgan fingerprint density at radius 1 is 0.472 bits per heavy atom. The summed E-state index contributed by atoms with van der Waals surface area (Å²) in [5.74, 6) is 2.72. The first-order chi connectivity index (χ1) is 17.9. The standard InChI is InChI=1S/C36H44/c1-4-14-26(15-5-1)32-24-34(30-20-10-8-18-28(30)32)36(22-12-3-13-23-36)35-25-33(27-16-6-2-7-17-27)29-19-9-11-21-31(29)35/h8-11,18-21,24-27,34-35H,1-7,12-17,22-23H2. The molecule has 0 bridgehead atoms. The van der Waals surface area contributed by atoms with Crippen LogP contribution < -0.4 is 0 Å². The molecular weight excluding hydrogens is 432 g/mol. The first-order valence-electron chi connectivity index (χ1n) is 15.5. The van der Waals surface area contributed by atoms with Gasteiger partial charge in [0, 0.05) is 11.8 Å². The van der Waals surface area contributed by atoms with Crippen molar-refractivity contribution < 1.29 is 0 Å². The summed E-state index contributed by atoms with van der Waals surface area (Å²) in [5.41, 5.74) is 10.3. The highest BCUT2D eigenvalue weighted by atomic mass is 14.5. The summed E-state index contributed by atoms with van der Waals surface area (Å²) in [4.78, 5) is 0. The number of hydrogen-bond acceptors (Lipinski definition) is 0. The Kier molecular flexibility index (Phi) is 6.19. The molecule has 7 rings (SSSR count). The molecule has 0 aromatic heterocycles. The van der Waals surface area contributed by atoms with Crippen LogP contribution in [-0.4, -0.2) is 0 Å². The maximum Gasteiger partial charge on any atom is 0.00954 e. The minimum atomic E-state index is 0.331. The van der Waals surface area contributed by atoms with E-state index in [-0.39, 0.29) is 0 Å². The molecule has 0 saturated heterocycles. The quantitative estimate of drug-likeness (QED) is 0.411. The maximum absolute atomic E-state index is 2.83. The lowest BCUT2D eigenvalue weighted by atomic mass is 9.57. The van der Waals surface area contributed by atoms with Crippen LogP contribution >= 0.6 is 0 Å². The largest absolute Gasteiger partial charge is 0.0723 e. The van der Waals surface area contributed by atoms with Crippen LogP contribution in [0.2, 0.25) is 0 Å². The molecule has 0 N–H and O–H groups in total. The van der Waals surface area contributed by atoms with Gasteiger partial charge in [-0.3, -0.25) is 0 Å². The molecule has 2 aromatic rings. The monoisotopic (exact) mass is 476 g/mol. The second-order valence-electron chi connectivity index (χ2n) is 12.8. The average molecular weight is 477 g/mol. The number of hydrogen-bond donors (Lipinski definition) is 0. The normalized spacial score (nSPS) is 28.3. The fourth-order valence-corrected chi connectivity index (χ4v) is 9.30. The topological polar surface area (TPSA) is 0 Å². The van der Waals surface area contributed by atoms with Gasteiger partial charge in [-0.25, -0.2) is 0 Å². The number of fused-ring (bicyclic) bond motifs is 2. The maximum atomic E-state index is 2.83. The Labute approximate surface area is 219 Å². The Bertz CT molecular complexity index is 1060. The Balaban J connectivity index is 1.35. The summed E-state index contributed by atoms with van der Waals surface area (Å²) >= 11 is 0. The molecule has 0 nitrogen and oxygen atoms in total. The predicted molar refractivity (Wildman–Crippen MR) is 153 cm³/mol. The van der Waals surface area contributed by atoms with Crippen LogP contribution in [-0.2, 0) is 0 Å². The van der Waals surface area contributed by atoms with Crippen molar-refractivity contribution in [1.29, 1.82) is 0 Å². The van der Waals surface area contributed by atoms with E-state index in [2.05, 4.69) is 60.7 Å². The zero-order valence-electron chi connectivity index (χ0n) is 22.2. The predicted octanol–water partition coefficient (Wildman–Crippen LogP) is 10.5. The van der Waals surface area contributed by atoms with Crippen molar-refractivity contribution in [2.75, 3.05) is 0 Å². The van der Waals surface area contributed by atoms with E-state index in [0.29, 0.717) is 17.3 Å². The van der Waals surface area contributed by atoms with Gasteiger partial charge in [0.15, 0.2) is 0 Å². The molecule has 0 heterocycles. The van der Waals surface area contributed by atoms with Crippen LogP contribution in [0.4, 0.5) is 0 Å². The van der Waals surface area contributed by atoms with Gasteiger partial charge in [-0.05, 0) is 89.2 Å². The van der Waals surface area contributed by atoms with Gasteiger partial charge < -0.3 is 0 Å². The summed E-state index contributed by atoms with van der Waals surface area (Å²) < 4.78 is 0. The van der Waals surface area contributed by atoms with Crippen LogP contribution in [0, 0.1) is 17.3 Å². The van der Waals surface area contributed by atoms with Crippen molar-refractivity contribution in [3.63, 3.8) is 0 Å². The third-order valence-electron chi connectivity index (χ3n) is 11.0. The second kappa shape index (κ2) is 9.66. The van der Waals surface area contributed by atoms with Crippen LogP contribution in [0.25, 0.3) is 11.1 Å². The molecule has 5 aliphatic carbocycles. The third kappa shape index (κ3) is 3.77. The van der Waals surface area contributed by atoms with Crippen molar-refractivity contribution in [3.8, 4) is 0 Å². The van der Waals surface area contributed by atoms with Crippen molar-refractivity contribution >= 4 is 11.1 Å². The van der Waals surface area contributed by atoms with Crippen LogP contribution in [0.5, 0.6) is 0 Å². The van der Waals surface area contributed by atoms with Gasteiger partial charge in [-0.15, -0.1) is 0 Å². The zero-order chi connectivity index (χ0) is 24.0. The van der Waals surface area contributed by atoms with E-state index in [1.54, 1.807) is 33.4 Å². The van der Waals surface area contributed by atoms with Gasteiger partial charge in [-0.1, -0.05) is 118 Å². The van der Waals surface area contributed by atoms with Crippen LogP contribution in [0.3, 0.4) is 0 Å². The summed E-state index contributed by atoms with van der Waals surface area (Å²) in [7, 11) is 0. The van der Waals surface area contributed by atoms with Crippen molar-refractivity contribution in [2.24, 2.45) is 17.3 Å². The van der Waals surface area contributed by atoms with Crippen molar-refractivity contribution in [1.82, 2.24) is 0 Å². The van der Waals surface area contributed by atoms with Crippen molar-refractivity contribution in [3.05, 3.63) is 82.9 Å². The molecule has 5 aliphatic rings. The van der Waals surface area contributed by atoms with Crippen molar-refractivity contribution in [2.45, 2.75) is 108 Å². The molecule has 188 valence electrons. The lowest BCUT2D eigenvalue weighted by molar-refractivity contribution is 0.144. The molecular formula is C36H44. The molecule has 3 saturated carbocycles. The van der Waals surface area contributed by atoms with Gasteiger partial charge in [0.25, 0.3) is 0 Å². The molecule has 0 aliphatic heterocycles. The van der Waals surface area contributed by atoms with Gasteiger partial charge in [-0.2, -0.15) is 0 Å². The zero-order valence-corrected chi connectivity index (χ0v) is 22.2. The Morgan fingerprint density at radius 2 is 0.889 bits per heavy atom. The smallest absolute Gasteiger partial charge is 0.00954 e. The molecule has 0 radical (unpaired) electrons. The van der Waals surface area contributed by atoms with Crippen LogP contribution in [0.1, 0.15) is 130 Å². The summed E-state index contributed by atoms with van der Waals surface area (Å²) in [5, 5.41) is 0. The van der Waals surface area contributed by atoms with Gasteiger partial charge >= 0.3 is 0 Å². The van der Waals surface area contributed by atoms with Gasteiger partial charge in [0.2, 0.25) is 0 Å². The van der Waals surface area contributed by atoms with Gasteiger partial charge in [0.1, 0.15) is 0 Å². The molecule has 36 heavy (non-hydrogen) atoms. The van der Waals surface area contributed by atoms with E-state index in [4.69, 9.17) is 0 Å². The number of rotatable bonds is 4. The minimum Gasteiger partial charge on any atom is -0.0723 e. The van der Waals surface area contributed by atoms with Gasteiger partial charge in [0.05, 0.1) is 0 Å². The third-order valence-corrected chi connectivity index (χ3v) is 11.0. The van der Waals surface area contributed by atoms with Crippen LogP contribution in [0.15, 0.2) is 60.7 Å². The van der Waals surface area contributed by atoms with E-state index < -0.39 is 0 Å². The highest BCUT2D eigenvalue weighted by molar-refractivity contribution is 5.79. The molecule has 0 amide bonds. The Morgan fingerprint density at radius 3 is 1.36 bits per heavy atom. The Hall–Kier alpha value is -2.08. The van der Waals surface area contributed by atoms with E-state index >= 15 is 0 Å². The first kappa shape index (κ1) is 23.1. The van der Waals surface area contributed by atoms with E-state index in [0.717, 1.165) is 11.8 Å². The number of allylic oxidation sites excluding steroid dienone is 4. The highest BCUT2D eigenvalue weighted by Gasteiger charge is 2.50. The SMILES string of the molecule is C1=C(C2CCCCC2)c2ccccc2C1C1(C2C=C(C3CCCCC3)c3ccccc32)CCCCC1. The first-order valence-corrected chi connectivity index (χ1v) is 15.5. The van der Waals surface area contributed by atoms with E-state index in [1.165, 1.54) is 96.3 Å². The molecule has 0 heteroatoms. The molecule has 2 atom stereocenters. The summed E-state index contributed by atoms with van der Waals surface area (Å²) in [6.45, 7) is 0. The highest BCUT2D eigenvalue weighted by Crippen LogP contribution is 2.63. The van der Waals surface area contributed by atoms with E-state index in [1.807, 2.05) is 0 Å². The molecule has 3 fully saturated rings. The molecule has 2 aromatic carbocycles. The summed E-state index contributed by atoms with van der Waals surface area (Å²) in [6, 6.07) is 19.2. The van der Waals surface area contributed by atoms with E-state index in [9.17, 15) is 0 Å². The second-order valence-corrected chi connectivity index (χ2v) is 12.8. The summed E-state index contributed by atoms with van der Waals surface area (Å²) in [6.07, 6.45) is 26.8. The minimum absolute atomic E-state index is 0.331. The lowest BCUT2D eigenvalue weighted by Crippen LogP contribution is -2.35. The molecule has 0 spiro atoms. The fraction of sp³-hybridized carbons (Fsp3) is 0.556.